The summed E-state index contributed by atoms with van der Waals surface area (Å²) >= 11 is 0. The predicted molar refractivity (Wildman–Crippen MR) is 80.5 cm³/mol. The summed E-state index contributed by atoms with van der Waals surface area (Å²) in [5, 5.41) is 12.2. The van der Waals surface area contributed by atoms with Gasteiger partial charge in [0.15, 0.2) is 0 Å². The van der Waals surface area contributed by atoms with Crippen LogP contribution < -0.4 is 11.1 Å². The van der Waals surface area contributed by atoms with E-state index in [0.29, 0.717) is 12.2 Å². The van der Waals surface area contributed by atoms with Crippen molar-refractivity contribution >= 4 is 17.3 Å². The van der Waals surface area contributed by atoms with E-state index >= 15 is 0 Å². The number of nitrogen functional groups attached to an aromatic ring is 1. The zero-order valence-corrected chi connectivity index (χ0v) is 11.9. The summed E-state index contributed by atoms with van der Waals surface area (Å²) in [7, 11) is 0. The summed E-state index contributed by atoms with van der Waals surface area (Å²) in [6.07, 6.45) is 3.17. The number of benzene rings is 1. The van der Waals surface area contributed by atoms with E-state index in [0.717, 1.165) is 37.1 Å². The number of carbonyl (C=O) groups is 1. The van der Waals surface area contributed by atoms with E-state index in [-0.39, 0.29) is 18.6 Å². The van der Waals surface area contributed by atoms with Crippen molar-refractivity contribution in [3.8, 4) is 0 Å². The highest BCUT2D eigenvalue weighted by Gasteiger charge is 2.23. The molecule has 1 aliphatic heterocycles. The van der Waals surface area contributed by atoms with Crippen LogP contribution in [0.15, 0.2) is 18.2 Å². The third kappa shape index (κ3) is 3.71. The Bertz CT molecular complexity index is 476. The summed E-state index contributed by atoms with van der Waals surface area (Å²) in [5.41, 5.74) is 8.22. The molecule has 2 rings (SSSR count). The van der Waals surface area contributed by atoms with Crippen LogP contribution in [0.25, 0.3) is 0 Å². The molecule has 1 aromatic carbocycles. The van der Waals surface area contributed by atoms with Crippen molar-refractivity contribution in [3.63, 3.8) is 0 Å². The first-order valence-corrected chi connectivity index (χ1v) is 7.11. The molecule has 5 heteroatoms. The molecular weight excluding hydrogens is 254 g/mol. The normalized spacial score (nSPS) is 19.8. The highest BCUT2D eigenvalue weighted by atomic mass is 16.3. The molecular formula is C15H23N3O2. The fourth-order valence-corrected chi connectivity index (χ4v) is 2.58. The van der Waals surface area contributed by atoms with Gasteiger partial charge < -0.3 is 16.2 Å². The first kappa shape index (κ1) is 14.8. The number of nitrogens with one attached hydrogen (secondary N) is 1. The van der Waals surface area contributed by atoms with Gasteiger partial charge in [-0.25, -0.2) is 0 Å². The summed E-state index contributed by atoms with van der Waals surface area (Å²) < 4.78 is 0. The van der Waals surface area contributed by atoms with E-state index in [1.807, 2.05) is 19.1 Å². The highest BCUT2D eigenvalue weighted by molar-refractivity contribution is 5.92. The van der Waals surface area contributed by atoms with Crippen LogP contribution in [0.4, 0.5) is 11.4 Å². The number of anilines is 2. The number of likely N-dealkylation sites (tertiary alicyclic amines) is 1. The number of hydrogen-bond acceptors (Lipinski definition) is 4. The van der Waals surface area contributed by atoms with E-state index in [4.69, 9.17) is 5.73 Å². The van der Waals surface area contributed by atoms with Crippen LogP contribution in [0.1, 0.15) is 24.8 Å². The number of nitrogens with zero attached hydrogens (tertiary/aromatic N) is 1. The van der Waals surface area contributed by atoms with Crippen LogP contribution in [0.2, 0.25) is 0 Å². The number of aryl methyl sites for hydroxylation is 1. The molecule has 1 aliphatic rings. The number of piperidine rings is 1. The van der Waals surface area contributed by atoms with E-state index in [1.165, 1.54) is 0 Å². The Morgan fingerprint density at radius 1 is 1.50 bits per heavy atom. The Kier molecular flexibility index (Phi) is 4.98. The van der Waals surface area contributed by atoms with Crippen LogP contribution >= 0.6 is 0 Å². The van der Waals surface area contributed by atoms with Gasteiger partial charge in [-0.05, 0) is 44.0 Å². The molecule has 0 saturated carbocycles. The van der Waals surface area contributed by atoms with E-state index in [9.17, 15) is 9.90 Å². The molecule has 0 aromatic heterocycles. The van der Waals surface area contributed by atoms with Gasteiger partial charge in [-0.1, -0.05) is 12.5 Å². The van der Waals surface area contributed by atoms with Crippen LogP contribution in [0.5, 0.6) is 0 Å². The number of aliphatic hydroxyl groups excluding tert-OH is 1. The minimum absolute atomic E-state index is 0.0615. The van der Waals surface area contributed by atoms with Crippen molar-refractivity contribution in [3.05, 3.63) is 23.8 Å². The minimum atomic E-state index is -0.0615. The maximum Gasteiger partial charge on any atom is 0.238 e. The molecule has 1 atom stereocenters. The molecule has 1 amide bonds. The van der Waals surface area contributed by atoms with Gasteiger partial charge in [-0.2, -0.15) is 0 Å². The Morgan fingerprint density at radius 3 is 3.00 bits per heavy atom. The van der Waals surface area contributed by atoms with Crippen molar-refractivity contribution in [1.29, 1.82) is 0 Å². The van der Waals surface area contributed by atoms with Gasteiger partial charge in [-0.3, -0.25) is 9.69 Å². The van der Waals surface area contributed by atoms with Crippen molar-refractivity contribution in [2.75, 3.05) is 30.7 Å². The lowest BCUT2D eigenvalue weighted by Gasteiger charge is -2.33. The zero-order chi connectivity index (χ0) is 14.5. The van der Waals surface area contributed by atoms with Crippen LogP contribution in [0.3, 0.4) is 0 Å². The van der Waals surface area contributed by atoms with Gasteiger partial charge >= 0.3 is 0 Å². The first-order valence-electron chi connectivity index (χ1n) is 7.11. The number of rotatable bonds is 4. The Labute approximate surface area is 119 Å². The molecule has 0 spiro atoms. The maximum absolute atomic E-state index is 12.1. The first-order chi connectivity index (χ1) is 9.60. The predicted octanol–water partition coefficient (Wildman–Crippen LogP) is 1.36. The standard InChI is InChI=1S/C15H23N3O2/c1-11-5-6-12(8-14(11)16)17-15(20)9-18-7-3-2-4-13(18)10-19/h5-6,8,13,19H,2-4,7,9-10,16H2,1H3,(H,17,20). The average molecular weight is 277 g/mol. The largest absolute Gasteiger partial charge is 0.398 e. The smallest absolute Gasteiger partial charge is 0.238 e. The van der Waals surface area contributed by atoms with Gasteiger partial charge in [-0.15, -0.1) is 0 Å². The van der Waals surface area contributed by atoms with Gasteiger partial charge in [0.05, 0.1) is 13.2 Å². The molecule has 1 unspecified atom stereocenters. The SMILES string of the molecule is Cc1ccc(NC(=O)CN2CCCCC2CO)cc1N. The molecule has 5 nitrogen and oxygen atoms in total. The third-order valence-electron chi connectivity index (χ3n) is 3.87. The molecule has 1 aromatic rings. The molecule has 20 heavy (non-hydrogen) atoms. The quantitative estimate of drug-likeness (QED) is 0.726. The van der Waals surface area contributed by atoms with Crippen LogP contribution in [-0.2, 0) is 4.79 Å². The zero-order valence-electron chi connectivity index (χ0n) is 11.9. The fourth-order valence-electron chi connectivity index (χ4n) is 2.58. The molecule has 1 heterocycles. The van der Waals surface area contributed by atoms with Gasteiger partial charge in [0.2, 0.25) is 5.91 Å². The molecule has 1 saturated heterocycles. The minimum Gasteiger partial charge on any atom is -0.398 e. The summed E-state index contributed by atoms with van der Waals surface area (Å²) in [6, 6.07) is 5.62. The Balaban J connectivity index is 1.92. The summed E-state index contributed by atoms with van der Waals surface area (Å²) in [4.78, 5) is 14.1. The second-order valence-electron chi connectivity index (χ2n) is 5.42. The molecule has 0 radical (unpaired) electrons. The van der Waals surface area contributed by atoms with E-state index in [1.54, 1.807) is 6.07 Å². The van der Waals surface area contributed by atoms with Crippen molar-refractivity contribution in [2.24, 2.45) is 0 Å². The number of amides is 1. The molecule has 110 valence electrons. The van der Waals surface area contributed by atoms with Crippen molar-refractivity contribution < 1.29 is 9.90 Å². The lowest BCUT2D eigenvalue weighted by Crippen LogP contribution is -2.45. The van der Waals surface area contributed by atoms with Crippen LogP contribution in [-0.4, -0.2) is 41.7 Å². The monoisotopic (exact) mass is 277 g/mol. The lowest BCUT2D eigenvalue weighted by atomic mass is 10.0. The molecule has 4 N–H and O–H groups in total. The van der Waals surface area contributed by atoms with E-state index in [2.05, 4.69) is 10.2 Å². The number of hydrogen-bond donors (Lipinski definition) is 3. The summed E-state index contributed by atoms with van der Waals surface area (Å²) in [6.45, 7) is 3.24. The maximum atomic E-state index is 12.1. The van der Waals surface area contributed by atoms with Gasteiger partial charge in [0.1, 0.15) is 0 Å². The second kappa shape index (κ2) is 6.72. The third-order valence-corrected chi connectivity index (χ3v) is 3.87. The Hall–Kier alpha value is -1.59. The molecule has 1 fully saturated rings. The number of aliphatic hydroxyl groups is 1. The van der Waals surface area contributed by atoms with Crippen LogP contribution in [0, 0.1) is 6.92 Å². The highest BCUT2D eigenvalue weighted by Crippen LogP contribution is 2.18. The lowest BCUT2D eigenvalue weighted by molar-refractivity contribution is -0.118. The average Bonchev–Trinajstić information content (AvgIpc) is 2.43. The fraction of sp³-hybridized carbons (Fsp3) is 0.533. The van der Waals surface area contributed by atoms with E-state index < -0.39 is 0 Å². The van der Waals surface area contributed by atoms with Crippen molar-refractivity contribution in [2.45, 2.75) is 32.2 Å². The Morgan fingerprint density at radius 2 is 2.30 bits per heavy atom. The number of carbonyl (C=O) groups excluding carboxylic acids is 1. The van der Waals surface area contributed by atoms with Gasteiger partial charge in [0, 0.05) is 17.4 Å². The number of nitrogens with two attached hydrogens (primary N) is 1. The topological polar surface area (TPSA) is 78.6 Å². The van der Waals surface area contributed by atoms with Gasteiger partial charge in [0.25, 0.3) is 0 Å². The molecule has 0 bridgehead atoms. The second-order valence-corrected chi connectivity index (χ2v) is 5.42. The summed E-state index contributed by atoms with van der Waals surface area (Å²) in [5.74, 6) is -0.0615. The molecule has 0 aliphatic carbocycles. The van der Waals surface area contributed by atoms with Crippen molar-refractivity contribution in [1.82, 2.24) is 4.90 Å².